The molecule has 3 N–H and O–H groups in total. The summed E-state index contributed by atoms with van der Waals surface area (Å²) >= 11 is 3.46. The fourth-order valence-electron chi connectivity index (χ4n) is 4.47. The predicted octanol–water partition coefficient (Wildman–Crippen LogP) is 5.02. The highest BCUT2D eigenvalue weighted by Crippen LogP contribution is 2.46. The smallest absolute Gasteiger partial charge is 0.264 e. The lowest BCUT2D eigenvalue weighted by atomic mass is 9.83. The number of hydrogen-bond donors (Lipinski definition) is 3. The second-order valence-corrected chi connectivity index (χ2v) is 9.85. The molecule has 0 aliphatic carbocycles. The molecule has 7 nitrogen and oxygen atoms in total. The molecule has 0 fully saturated rings. The molecule has 0 aromatic heterocycles. The number of benzene rings is 3. The molecule has 4 rings (SSSR count). The topological polar surface area (TPSA) is 99.1 Å². The molecule has 1 aliphatic heterocycles. The van der Waals surface area contributed by atoms with Gasteiger partial charge in [0.2, 0.25) is 0 Å². The van der Waals surface area contributed by atoms with E-state index in [4.69, 9.17) is 9.84 Å². The van der Waals surface area contributed by atoms with Crippen molar-refractivity contribution in [3.05, 3.63) is 100 Å². The number of anilines is 2. The number of rotatable bonds is 9. The molecule has 0 spiro atoms. The first-order valence-corrected chi connectivity index (χ1v) is 12.7. The predicted molar refractivity (Wildman–Crippen MR) is 147 cm³/mol. The molecule has 3 aromatic carbocycles. The maximum Gasteiger partial charge on any atom is 0.264 e. The van der Waals surface area contributed by atoms with Crippen LogP contribution >= 0.6 is 15.9 Å². The van der Waals surface area contributed by atoms with Gasteiger partial charge in [0, 0.05) is 33.8 Å². The lowest BCUT2D eigenvalue weighted by Gasteiger charge is -2.27. The summed E-state index contributed by atoms with van der Waals surface area (Å²) in [5.74, 6) is -0.529. The van der Waals surface area contributed by atoms with Crippen LogP contribution in [0, 0.1) is 5.92 Å². The van der Waals surface area contributed by atoms with Crippen LogP contribution in [0.1, 0.15) is 34.8 Å². The van der Waals surface area contributed by atoms with Crippen molar-refractivity contribution in [2.75, 3.05) is 23.9 Å². The zero-order valence-electron chi connectivity index (χ0n) is 20.6. The number of hydrogen-bond acceptors (Lipinski definition) is 5. The van der Waals surface area contributed by atoms with E-state index in [0.717, 1.165) is 10.0 Å². The Morgan fingerprint density at radius 3 is 2.62 bits per heavy atom. The van der Waals surface area contributed by atoms with E-state index in [1.165, 1.54) is 0 Å². The Kier molecular flexibility index (Phi) is 8.12. The third-order valence-corrected chi connectivity index (χ3v) is 6.98. The number of halogens is 1. The molecule has 1 aliphatic rings. The molecule has 0 radical (unpaired) electrons. The lowest BCUT2D eigenvalue weighted by molar-refractivity contribution is -0.139. The fourth-order valence-corrected chi connectivity index (χ4v) is 4.83. The highest BCUT2D eigenvalue weighted by atomic mass is 79.9. The van der Waals surface area contributed by atoms with Crippen LogP contribution in [0.3, 0.4) is 0 Å². The third-order valence-electron chi connectivity index (χ3n) is 6.49. The molecular weight excluding hydrogens is 536 g/mol. The summed E-state index contributed by atoms with van der Waals surface area (Å²) in [5, 5.41) is 23.7. The van der Waals surface area contributed by atoms with E-state index < -0.39 is 17.4 Å². The van der Waals surface area contributed by atoms with Gasteiger partial charge in [0.05, 0.1) is 19.3 Å². The summed E-state index contributed by atoms with van der Waals surface area (Å²) in [5.41, 5.74) is 1.29. The van der Waals surface area contributed by atoms with E-state index in [-0.39, 0.29) is 19.1 Å². The van der Waals surface area contributed by atoms with E-state index >= 15 is 0 Å². The Balaban J connectivity index is 1.58. The van der Waals surface area contributed by atoms with Crippen molar-refractivity contribution in [1.29, 1.82) is 0 Å². The van der Waals surface area contributed by atoms with Crippen LogP contribution in [0.25, 0.3) is 0 Å². The SMILES string of the molecule is COc1ccc(C(=O)Nc2cccc(CN3C(=O)[C@](O)([C@H](C)/C=C/CCO)c4cc(Br)ccc43)c2)cc1. The Labute approximate surface area is 224 Å². The summed E-state index contributed by atoms with van der Waals surface area (Å²) in [6.07, 6.45) is 3.97. The summed E-state index contributed by atoms with van der Waals surface area (Å²) in [4.78, 5) is 28.0. The highest BCUT2D eigenvalue weighted by Gasteiger charge is 2.52. The van der Waals surface area contributed by atoms with E-state index in [2.05, 4.69) is 21.2 Å². The molecule has 0 saturated heterocycles. The van der Waals surface area contributed by atoms with Crippen LogP contribution in [-0.2, 0) is 16.9 Å². The second-order valence-electron chi connectivity index (χ2n) is 8.93. The van der Waals surface area contributed by atoms with E-state index in [0.29, 0.717) is 34.7 Å². The lowest BCUT2D eigenvalue weighted by Crippen LogP contribution is -2.44. The van der Waals surface area contributed by atoms with Gasteiger partial charge in [-0.3, -0.25) is 9.59 Å². The number of amides is 2. The number of nitrogens with zero attached hydrogens (tertiary/aromatic N) is 1. The Morgan fingerprint density at radius 2 is 1.92 bits per heavy atom. The van der Waals surface area contributed by atoms with Crippen LogP contribution < -0.4 is 15.0 Å². The number of ether oxygens (including phenoxy) is 1. The minimum Gasteiger partial charge on any atom is -0.497 e. The monoisotopic (exact) mass is 564 g/mol. The standard InChI is InChI=1S/C29H29BrN2O5/c1-19(6-3-4-15-33)29(36)25-17-22(30)11-14-26(25)32(28(29)35)18-20-7-5-8-23(16-20)31-27(34)21-9-12-24(37-2)13-10-21/h3,5-14,16-17,19,33,36H,4,15,18H2,1-2H3,(H,31,34)/b6-3+/t19-,29+/m1/s1. The average molecular weight is 565 g/mol. The van der Waals surface area contributed by atoms with Crippen LogP contribution in [-0.4, -0.2) is 35.7 Å². The molecule has 1 heterocycles. The molecule has 192 valence electrons. The number of aliphatic hydroxyl groups is 2. The van der Waals surface area contributed by atoms with Gasteiger partial charge in [-0.2, -0.15) is 0 Å². The van der Waals surface area contributed by atoms with Crippen molar-refractivity contribution in [2.45, 2.75) is 25.5 Å². The molecule has 37 heavy (non-hydrogen) atoms. The molecule has 0 unspecified atom stereocenters. The first kappa shape index (κ1) is 26.6. The van der Waals surface area contributed by atoms with Crippen molar-refractivity contribution in [2.24, 2.45) is 5.92 Å². The van der Waals surface area contributed by atoms with E-state index in [1.54, 1.807) is 67.5 Å². The number of carbonyl (C=O) groups is 2. The summed E-state index contributed by atoms with van der Waals surface area (Å²) < 4.78 is 5.90. The number of aliphatic hydroxyl groups excluding tert-OH is 1. The summed E-state index contributed by atoms with van der Waals surface area (Å²) in [6.45, 7) is 2.00. The zero-order chi connectivity index (χ0) is 26.6. The number of nitrogens with one attached hydrogen (secondary N) is 1. The van der Waals surface area contributed by atoms with Crippen LogP contribution in [0.4, 0.5) is 11.4 Å². The zero-order valence-corrected chi connectivity index (χ0v) is 22.2. The number of fused-ring (bicyclic) bond motifs is 1. The van der Waals surface area contributed by atoms with Crippen molar-refractivity contribution in [1.82, 2.24) is 0 Å². The Morgan fingerprint density at radius 1 is 1.16 bits per heavy atom. The van der Waals surface area contributed by atoms with Crippen molar-refractivity contribution < 1.29 is 24.5 Å². The summed E-state index contributed by atoms with van der Waals surface area (Å²) in [7, 11) is 1.57. The van der Waals surface area contributed by atoms with Gasteiger partial charge in [-0.1, -0.05) is 47.1 Å². The highest BCUT2D eigenvalue weighted by molar-refractivity contribution is 9.10. The van der Waals surface area contributed by atoms with Gasteiger partial charge in [-0.15, -0.1) is 0 Å². The normalized spacial score (nSPS) is 17.6. The average Bonchev–Trinajstić information content (AvgIpc) is 3.11. The van der Waals surface area contributed by atoms with Crippen LogP contribution in [0.15, 0.2) is 83.4 Å². The van der Waals surface area contributed by atoms with Gasteiger partial charge in [-0.05, 0) is 66.6 Å². The van der Waals surface area contributed by atoms with Crippen molar-refractivity contribution in [3.8, 4) is 5.75 Å². The first-order chi connectivity index (χ1) is 17.8. The molecule has 0 saturated carbocycles. The van der Waals surface area contributed by atoms with Gasteiger partial charge in [0.15, 0.2) is 5.60 Å². The van der Waals surface area contributed by atoms with Gasteiger partial charge >= 0.3 is 0 Å². The summed E-state index contributed by atoms with van der Waals surface area (Å²) in [6, 6.07) is 19.5. The molecule has 0 bridgehead atoms. The minimum atomic E-state index is -1.74. The molecular formula is C29H29BrN2O5. The fraction of sp³-hybridized carbons (Fsp3) is 0.241. The molecule has 2 atom stereocenters. The van der Waals surface area contributed by atoms with E-state index in [9.17, 15) is 14.7 Å². The molecule has 8 heteroatoms. The minimum absolute atomic E-state index is 0.00476. The quantitative estimate of drug-likeness (QED) is 0.317. The number of carbonyl (C=O) groups excluding carboxylic acids is 2. The first-order valence-electron chi connectivity index (χ1n) is 11.9. The van der Waals surface area contributed by atoms with Crippen LogP contribution in [0.5, 0.6) is 5.75 Å². The third kappa shape index (κ3) is 5.46. The largest absolute Gasteiger partial charge is 0.497 e. The van der Waals surface area contributed by atoms with Crippen molar-refractivity contribution in [3.63, 3.8) is 0 Å². The van der Waals surface area contributed by atoms with Gasteiger partial charge in [0.25, 0.3) is 11.8 Å². The Hall–Kier alpha value is -3.46. The molecule has 3 aromatic rings. The molecule has 2 amide bonds. The van der Waals surface area contributed by atoms with Gasteiger partial charge < -0.3 is 25.2 Å². The van der Waals surface area contributed by atoms with Crippen molar-refractivity contribution >= 4 is 39.1 Å². The Bertz CT molecular complexity index is 1320. The van der Waals surface area contributed by atoms with E-state index in [1.807, 2.05) is 30.3 Å². The maximum absolute atomic E-state index is 13.7. The van der Waals surface area contributed by atoms with Crippen LogP contribution in [0.2, 0.25) is 0 Å². The van der Waals surface area contributed by atoms with Gasteiger partial charge in [-0.25, -0.2) is 0 Å². The van der Waals surface area contributed by atoms with Gasteiger partial charge in [0.1, 0.15) is 5.75 Å². The number of methoxy groups -OCH3 is 1. The maximum atomic E-state index is 13.7. The second kappa shape index (κ2) is 11.3.